The van der Waals surface area contributed by atoms with E-state index in [1.54, 1.807) is 11.2 Å². The number of likely N-dealkylation sites (tertiary alicyclic amines) is 1. The highest BCUT2D eigenvalue weighted by atomic mass is 16.3. The second kappa shape index (κ2) is 8.06. The van der Waals surface area contributed by atoms with E-state index in [4.69, 9.17) is 4.42 Å². The van der Waals surface area contributed by atoms with Crippen LogP contribution in [0.1, 0.15) is 49.5 Å². The Kier molecular flexibility index (Phi) is 5.79. The number of benzene rings is 1. The zero-order valence-corrected chi connectivity index (χ0v) is 15.6. The summed E-state index contributed by atoms with van der Waals surface area (Å²) in [4.78, 5) is 14.6. The van der Waals surface area contributed by atoms with Crippen molar-refractivity contribution in [3.8, 4) is 0 Å². The van der Waals surface area contributed by atoms with Crippen LogP contribution in [0.3, 0.4) is 0 Å². The normalized spacial score (nSPS) is 20.8. The van der Waals surface area contributed by atoms with Crippen molar-refractivity contribution in [2.24, 2.45) is 0 Å². The van der Waals surface area contributed by atoms with Crippen LogP contribution < -0.4 is 5.32 Å². The van der Waals surface area contributed by atoms with Gasteiger partial charge < -0.3 is 19.7 Å². The fourth-order valence-corrected chi connectivity index (χ4v) is 3.41. The molecule has 1 saturated heterocycles. The maximum absolute atomic E-state index is 12.8. The van der Waals surface area contributed by atoms with Crippen molar-refractivity contribution in [2.45, 2.75) is 51.3 Å². The molecule has 26 heavy (non-hydrogen) atoms. The number of carbonyl (C=O) groups excluding carboxylic acids is 1. The fraction of sp³-hybridized carbons (Fsp3) is 0.476. The molecule has 140 valence electrons. The molecule has 2 N–H and O–H groups in total. The van der Waals surface area contributed by atoms with Gasteiger partial charge in [0.1, 0.15) is 5.76 Å². The summed E-state index contributed by atoms with van der Waals surface area (Å²) < 4.78 is 5.27. The number of nitrogens with one attached hydrogen (secondary N) is 1. The minimum Gasteiger partial charge on any atom is -0.468 e. The van der Waals surface area contributed by atoms with Gasteiger partial charge in [0, 0.05) is 19.6 Å². The summed E-state index contributed by atoms with van der Waals surface area (Å²) in [5, 5.41) is 14.0. The molecule has 0 aliphatic carbocycles. The van der Waals surface area contributed by atoms with E-state index in [0.29, 0.717) is 32.0 Å². The summed E-state index contributed by atoms with van der Waals surface area (Å²) in [6, 6.07) is 12.1. The largest absolute Gasteiger partial charge is 0.468 e. The van der Waals surface area contributed by atoms with Crippen molar-refractivity contribution in [3.05, 3.63) is 59.5 Å². The van der Waals surface area contributed by atoms with Gasteiger partial charge in [-0.15, -0.1) is 0 Å². The first-order valence-corrected chi connectivity index (χ1v) is 9.32. The highest BCUT2D eigenvalue weighted by molar-refractivity contribution is 5.86. The van der Waals surface area contributed by atoms with Gasteiger partial charge in [-0.2, -0.15) is 0 Å². The highest BCUT2D eigenvalue weighted by Crippen LogP contribution is 2.24. The first-order valence-electron chi connectivity index (χ1n) is 9.32. The quantitative estimate of drug-likeness (QED) is 0.800. The van der Waals surface area contributed by atoms with Crippen molar-refractivity contribution in [1.29, 1.82) is 0 Å². The molecule has 3 rings (SSSR count). The third kappa shape index (κ3) is 4.34. The standard InChI is InChI=1S/C21H28N2O3/c1-16(2)18-8-6-17(7-9-18)14-23-11-4-10-21(25,20(23)24)15-22-13-19-5-3-12-26-19/h3,5-9,12,16,22,25H,4,10-11,13-15H2,1-2H3. The van der Waals surface area contributed by atoms with E-state index in [0.717, 1.165) is 17.7 Å². The molecule has 0 bridgehead atoms. The zero-order chi connectivity index (χ0) is 18.6. The maximum atomic E-state index is 12.8. The maximum Gasteiger partial charge on any atom is 0.256 e. The average Bonchev–Trinajstić information content (AvgIpc) is 3.13. The lowest BCUT2D eigenvalue weighted by Crippen LogP contribution is -2.57. The van der Waals surface area contributed by atoms with Crippen molar-refractivity contribution in [1.82, 2.24) is 10.2 Å². The lowest BCUT2D eigenvalue weighted by molar-refractivity contribution is -0.157. The van der Waals surface area contributed by atoms with E-state index in [1.165, 1.54) is 5.56 Å². The first kappa shape index (κ1) is 18.7. The van der Waals surface area contributed by atoms with Crippen LogP contribution >= 0.6 is 0 Å². The summed E-state index contributed by atoms with van der Waals surface area (Å²) >= 11 is 0. The summed E-state index contributed by atoms with van der Waals surface area (Å²) in [7, 11) is 0. The minimum absolute atomic E-state index is 0.191. The summed E-state index contributed by atoms with van der Waals surface area (Å²) in [5.74, 6) is 1.09. The highest BCUT2D eigenvalue weighted by Gasteiger charge is 2.41. The number of aliphatic hydroxyl groups is 1. The Balaban J connectivity index is 1.59. The zero-order valence-electron chi connectivity index (χ0n) is 15.6. The van der Waals surface area contributed by atoms with E-state index in [9.17, 15) is 9.90 Å². The molecule has 0 spiro atoms. The van der Waals surface area contributed by atoms with E-state index < -0.39 is 5.60 Å². The lowest BCUT2D eigenvalue weighted by atomic mass is 9.91. The third-order valence-corrected chi connectivity index (χ3v) is 5.02. The first-order chi connectivity index (χ1) is 12.5. The third-order valence-electron chi connectivity index (χ3n) is 5.02. The van der Waals surface area contributed by atoms with Crippen LogP contribution in [0.5, 0.6) is 0 Å². The Hall–Kier alpha value is -2.11. The number of rotatable bonds is 7. The van der Waals surface area contributed by atoms with Crippen molar-refractivity contribution >= 4 is 5.91 Å². The van der Waals surface area contributed by atoms with E-state index in [2.05, 4.69) is 43.4 Å². The predicted molar refractivity (Wildman–Crippen MR) is 101 cm³/mol. The van der Waals surface area contributed by atoms with E-state index in [-0.39, 0.29) is 12.5 Å². The molecule has 5 nitrogen and oxygen atoms in total. The summed E-state index contributed by atoms with van der Waals surface area (Å²) in [6.45, 7) is 6.29. The van der Waals surface area contributed by atoms with Crippen LogP contribution in [0.25, 0.3) is 0 Å². The van der Waals surface area contributed by atoms with Gasteiger partial charge in [0.05, 0.1) is 12.8 Å². The van der Waals surface area contributed by atoms with Crippen LogP contribution in [0.2, 0.25) is 0 Å². The van der Waals surface area contributed by atoms with Gasteiger partial charge >= 0.3 is 0 Å². The molecule has 1 unspecified atom stereocenters. The molecule has 1 aromatic heterocycles. The molecule has 2 heterocycles. The number of piperidine rings is 1. The molecule has 0 saturated carbocycles. The van der Waals surface area contributed by atoms with Gasteiger partial charge in [0.25, 0.3) is 5.91 Å². The van der Waals surface area contributed by atoms with E-state index >= 15 is 0 Å². The topological polar surface area (TPSA) is 65.7 Å². The number of hydrogen-bond acceptors (Lipinski definition) is 4. The molecular weight excluding hydrogens is 328 g/mol. The molecule has 2 aromatic rings. The van der Waals surface area contributed by atoms with Gasteiger partial charge in [-0.25, -0.2) is 0 Å². The number of nitrogens with zero attached hydrogens (tertiary/aromatic N) is 1. The number of hydrogen-bond donors (Lipinski definition) is 2. The summed E-state index contributed by atoms with van der Waals surface area (Å²) in [5.41, 5.74) is 1.04. The van der Waals surface area contributed by atoms with Crippen LogP contribution in [0.4, 0.5) is 0 Å². The monoisotopic (exact) mass is 356 g/mol. The Bertz CT molecular complexity index is 709. The average molecular weight is 356 g/mol. The SMILES string of the molecule is CC(C)c1ccc(CN2CCCC(O)(CNCc3ccco3)C2=O)cc1. The van der Waals surface area contributed by atoms with Gasteiger partial charge in [-0.3, -0.25) is 4.79 Å². The molecule has 1 aliphatic rings. The number of furan rings is 1. The second-order valence-electron chi connectivity index (χ2n) is 7.44. The molecular formula is C21H28N2O3. The Morgan fingerprint density at radius 1 is 1.27 bits per heavy atom. The summed E-state index contributed by atoms with van der Waals surface area (Å²) in [6.07, 6.45) is 2.90. The Morgan fingerprint density at radius 3 is 2.69 bits per heavy atom. The lowest BCUT2D eigenvalue weighted by Gasteiger charge is -2.38. The van der Waals surface area contributed by atoms with Crippen LogP contribution in [0.15, 0.2) is 47.1 Å². The van der Waals surface area contributed by atoms with Crippen molar-refractivity contribution in [3.63, 3.8) is 0 Å². The number of carbonyl (C=O) groups is 1. The van der Waals surface area contributed by atoms with E-state index in [1.807, 2.05) is 12.1 Å². The van der Waals surface area contributed by atoms with Crippen LogP contribution in [-0.2, 0) is 17.9 Å². The molecule has 0 radical (unpaired) electrons. The van der Waals surface area contributed by atoms with Crippen LogP contribution in [0, 0.1) is 0 Å². The van der Waals surface area contributed by atoms with Gasteiger partial charge in [-0.1, -0.05) is 38.1 Å². The molecule has 1 aliphatic heterocycles. The fourth-order valence-electron chi connectivity index (χ4n) is 3.41. The molecule has 1 atom stereocenters. The smallest absolute Gasteiger partial charge is 0.256 e. The Labute approximate surface area is 155 Å². The molecule has 1 aromatic carbocycles. The minimum atomic E-state index is -1.34. The molecule has 5 heteroatoms. The second-order valence-corrected chi connectivity index (χ2v) is 7.44. The number of amides is 1. The van der Waals surface area contributed by atoms with Crippen LogP contribution in [-0.4, -0.2) is 34.6 Å². The van der Waals surface area contributed by atoms with Gasteiger partial charge in [-0.05, 0) is 42.0 Å². The predicted octanol–water partition coefficient (Wildman–Crippen LogP) is 3.05. The Morgan fingerprint density at radius 2 is 2.04 bits per heavy atom. The molecule has 1 fully saturated rings. The van der Waals surface area contributed by atoms with Crippen molar-refractivity contribution < 1.29 is 14.3 Å². The van der Waals surface area contributed by atoms with Gasteiger partial charge in [0.2, 0.25) is 0 Å². The van der Waals surface area contributed by atoms with Crippen molar-refractivity contribution in [2.75, 3.05) is 13.1 Å². The van der Waals surface area contributed by atoms with Gasteiger partial charge in [0.15, 0.2) is 5.60 Å². The molecule has 1 amide bonds.